The Morgan fingerprint density at radius 3 is 2.64 bits per heavy atom. The van der Waals surface area contributed by atoms with Crippen LogP contribution in [0.4, 0.5) is 8.78 Å². The molecular formula is C17H18ClF2N3O2. The SMILES string of the molecule is Cc1c(Cl)c(C(=O)NC(c2ccc(F)cc2F)C2CC(O)C2)nn1C. The molecule has 1 fully saturated rings. The first-order chi connectivity index (χ1) is 11.8. The summed E-state index contributed by atoms with van der Waals surface area (Å²) in [6.07, 6.45) is 0.376. The molecule has 8 heteroatoms. The first-order valence-corrected chi connectivity index (χ1v) is 8.28. The van der Waals surface area contributed by atoms with Crippen molar-refractivity contribution in [2.45, 2.75) is 31.9 Å². The van der Waals surface area contributed by atoms with E-state index in [9.17, 15) is 18.7 Å². The second-order valence-corrected chi connectivity index (χ2v) is 6.75. The average Bonchev–Trinajstić information content (AvgIpc) is 2.78. The Balaban J connectivity index is 1.90. The van der Waals surface area contributed by atoms with E-state index in [1.165, 1.54) is 10.7 Å². The quantitative estimate of drug-likeness (QED) is 0.870. The zero-order valence-electron chi connectivity index (χ0n) is 13.8. The monoisotopic (exact) mass is 369 g/mol. The molecule has 1 unspecified atom stereocenters. The summed E-state index contributed by atoms with van der Waals surface area (Å²) in [6.45, 7) is 1.73. The lowest BCUT2D eigenvalue weighted by molar-refractivity contribution is 0.0228. The van der Waals surface area contributed by atoms with Crippen molar-refractivity contribution in [3.63, 3.8) is 0 Å². The van der Waals surface area contributed by atoms with E-state index in [0.29, 0.717) is 18.5 Å². The molecule has 0 saturated heterocycles. The summed E-state index contributed by atoms with van der Waals surface area (Å²) in [4.78, 5) is 12.6. The molecule has 0 aliphatic heterocycles. The molecule has 0 spiro atoms. The van der Waals surface area contributed by atoms with Crippen molar-refractivity contribution in [1.82, 2.24) is 15.1 Å². The lowest BCUT2D eigenvalue weighted by Gasteiger charge is -2.38. The van der Waals surface area contributed by atoms with Crippen LogP contribution in [0.2, 0.25) is 5.02 Å². The van der Waals surface area contributed by atoms with Crippen LogP contribution in [0.5, 0.6) is 0 Å². The van der Waals surface area contributed by atoms with E-state index in [-0.39, 0.29) is 22.2 Å². The van der Waals surface area contributed by atoms with Crippen molar-refractivity contribution in [3.8, 4) is 0 Å². The van der Waals surface area contributed by atoms with Gasteiger partial charge in [-0.2, -0.15) is 5.10 Å². The second-order valence-electron chi connectivity index (χ2n) is 6.37. The van der Waals surface area contributed by atoms with Gasteiger partial charge in [-0.1, -0.05) is 17.7 Å². The lowest BCUT2D eigenvalue weighted by atomic mass is 9.75. The number of aliphatic hydroxyl groups excluding tert-OH is 1. The fourth-order valence-corrected chi connectivity index (χ4v) is 3.29. The summed E-state index contributed by atoms with van der Waals surface area (Å²) in [7, 11) is 1.66. The van der Waals surface area contributed by atoms with E-state index in [4.69, 9.17) is 11.6 Å². The summed E-state index contributed by atoms with van der Waals surface area (Å²) in [5.74, 6) is -2.12. The van der Waals surface area contributed by atoms with Gasteiger partial charge < -0.3 is 10.4 Å². The van der Waals surface area contributed by atoms with Crippen LogP contribution in [0.25, 0.3) is 0 Å². The predicted octanol–water partition coefficient (Wildman–Crippen LogP) is 2.90. The van der Waals surface area contributed by atoms with E-state index in [2.05, 4.69) is 10.4 Å². The van der Waals surface area contributed by atoms with Gasteiger partial charge in [0.15, 0.2) is 5.69 Å². The van der Waals surface area contributed by atoms with Crippen LogP contribution in [-0.2, 0) is 7.05 Å². The van der Waals surface area contributed by atoms with Crippen molar-refractivity contribution in [3.05, 3.63) is 51.8 Å². The fourth-order valence-electron chi connectivity index (χ4n) is 3.04. The third-order valence-corrected chi connectivity index (χ3v) is 5.13. The van der Waals surface area contributed by atoms with Crippen LogP contribution in [0.15, 0.2) is 18.2 Å². The Morgan fingerprint density at radius 1 is 1.44 bits per heavy atom. The van der Waals surface area contributed by atoms with Gasteiger partial charge in [-0.25, -0.2) is 8.78 Å². The molecule has 2 N–H and O–H groups in total. The van der Waals surface area contributed by atoms with Gasteiger partial charge in [0.25, 0.3) is 5.91 Å². The van der Waals surface area contributed by atoms with Gasteiger partial charge >= 0.3 is 0 Å². The Labute approximate surface area is 148 Å². The number of aliphatic hydroxyl groups is 1. The number of aromatic nitrogens is 2. The summed E-state index contributed by atoms with van der Waals surface area (Å²) < 4.78 is 28.9. The standard InChI is InChI=1S/C17H18ClF2N3O2/c1-8-14(18)16(22-23(8)2)17(25)21-15(9-5-11(24)6-9)12-4-3-10(19)7-13(12)20/h3-4,7,9,11,15,24H,5-6H2,1-2H3,(H,21,25). The minimum absolute atomic E-state index is 0.0501. The van der Waals surface area contributed by atoms with E-state index in [1.54, 1.807) is 14.0 Å². The normalized spacial score (nSPS) is 20.9. The molecule has 1 amide bonds. The number of carbonyl (C=O) groups is 1. The maximum atomic E-state index is 14.2. The van der Waals surface area contributed by atoms with Gasteiger partial charge in [-0.3, -0.25) is 9.48 Å². The molecule has 2 aromatic rings. The number of halogens is 3. The van der Waals surface area contributed by atoms with E-state index in [1.807, 2.05) is 0 Å². The zero-order chi connectivity index (χ0) is 18.3. The predicted molar refractivity (Wildman–Crippen MR) is 88.3 cm³/mol. The molecule has 1 aliphatic rings. The second kappa shape index (κ2) is 6.72. The van der Waals surface area contributed by atoms with E-state index >= 15 is 0 Å². The van der Waals surface area contributed by atoms with E-state index in [0.717, 1.165) is 12.1 Å². The minimum atomic E-state index is -0.741. The highest BCUT2D eigenvalue weighted by molar-refractivity contribution is 6.34. The molecule has 0 bridgehead atoms. The molecule has 25 heavy (non-hydrogen) atoms. The topological polar surface area (TPSA) is 67.2 Å². The fraction of sp³-hybridized carbons (Fsp3) is 0.412. The molecule has 1 aliphatic carbocycles. The number of nitrogens with zero attached hydrogens (tertiary/aromatic N) is 2. The van der Waals surface area contributed by atoms with Crippen LogP contribution in [-0.4, -0.2) is 26.9 Å². The molecule has 134 valence electrons. The van der Waals surface area contributed by atoms with Crippen LogP contribution in [0, 0.1) is 24.5 Å². The Hall–Kier alpha value is -1.99. The number of nitrogens with one attached hydrogen (secondary N) is 1. The molecular weight excluding hydrogens is 352 g/mol. The Bertz CT molecular complexity index is 818. The third kappa shape index (κ3) is 3.39. The third-order valence-electron chi connectivity index (χ3n) is 4.68. The lowest BCUT2D eigenvalue weighted by Crippen LogP contribution is -2.42. The largest absolute Gasteiger partial charge is 0.393 e. The highest BCUT2D eigenvalue weighted by Gasteiger charge is 2.37. The van der Waals surface area contributed by atoms with Crippen molar-refractivity contribution in [2.75, 3.05) is 0 Å². The number of hydrogen-bond acceptors (Lipinski definition) is 3. The summed E-state index contributed by atoms with van der Waals surface area (Å²) in [5, 5.41) is 16.6. The van der Waals surface area contributed by atoms with Gasteiger partial charge in [-0.15, -0.1) is 0 Å². The smallest absolute Gasteiger partial charge is 0.273 e. The number of hydrogen-bond donors (Lipinski definition) is 2. The molecule has 1 heterocycles. The molecule has 0 radical (unpaired) electrons. The van der Waals surface area contributed by atoms with Crippen LogP contribution < -0.4 is 5.32 Å². The Morgan fingerprint density at radius 2 is 2.12 bits per heavy atom. The van der Waals surface area contributed by atoms with Gasteiger partial charge in [0.1, 0.15) is 11.6 Å². The van der Waals surface area contributed by atoms with Crippen molar-refractivity contribution >= 4 is 17.5 Å². The molecule has 1 aromatic heterocycles. The Kier molecular flexibility index (Phi) is 4.79. The number of benzene rings is 1. The van der Waals surface area contributed by atoms with Gasteiger partial charge in [-0.05, 0) is 31.7 Å². The first kappa shape index (κ1) is 17.8. The molecule has 1 saturated carbocycles. The molecule has 5 nitrogen and oxygen atoms in total. The number of rotatable bonds is 4. The maximum absolute atomic E-state index is 14.2. The van der Waals surface area contributed by atoms with Crippen LogP contribution >= 0.6 is 11.6 Å². The highest BCUT2D eigenvalue weighted by Crippen LogP contribution is 2.39. The first-order valence-electron chi connectivity index (χ1n) is 7.91. The van der Waals surface area contributed by atoms with Gasteiger partial charge in [0.05, 0.1) is 22.9 Å². The molecule has 1 atom stereocenters. The summed E-state index contributed by atoms with van der Waals surface area (Å²) in [5.41, 5.74) is 0.861. The summed E-state index contributed by atoms with van der Waals surface area (Å²) in [6, 6.07) is 2.53. The zero-order valence-corrected chi connectivity index (χ0v) is 14.5. The highest BCUT2D eigenvalue weighted by atomic mass is 35.5. The number of carbonyl (C=O) groups excluding carboxylic acids is 1. The summed E-state index contributed by atoms with van der Waals surface area (Å²) >= 11 is 6.13. The maximum Gasteiger partial charge on any atom is 0.273 e. The van der Waals surface area contributed by atoms with E-state index < -0.39 is 29.7 Å². The van der Waals surface area contributed by atoms with Gasteiger partial charge in [0, 0.05) is 18.7 Å². The van der Waals surface area contributed by atoms with Crippen molar-refractivity contribution in [1.29, 1.82) is 0 Å². The molecule has 1 aromatic carbocycles. The van der Waals surface area contributed by atoms with Crippen molar-refractivity contribution < 1.29 is 18.7 Å². The van der Waals surface area contributed by atoms with Crippen LogP contribution in [0.1, 0.15) is 40.6 Å². The van der Waals surface area contributed by atoms with Crippen LogP contribution in [0.3, 0.4) is 0 Å². The number of amides is 1. The molecule has 3 rings (SSSR count). The minimum Gasteiger partial charge on any atom is -0.393 e. The number of aryl methyl sites for hydroxylation is 1. The van der Waals surface area contributed by atoms with Gasteiger partial charge in [0.2, 0.25) is 0 Å². The van der Waals surface area contributed by atoms with Crippen molar-refractivity contribution in [2.24, 2.45) is 13.0 Å². The average molecular weight is 370 g/mol.